The maximum atomic E-state index is 12.4. The number of anilines is 1. The van der Waals surface area contributed by atoms with E-state index in [9.17, 15) is 9.59 Å². The predicted octanol–water partition coefficient (Wildman–Crippen LogP) is 1.40. The average Bonchev–Trinajstić information content (AvgIpc) is 2.51. The van der Waals surface area contributed by atoms with E-state index in [0.29, 0.717) is 24.8 Å². The van der Waals surface area contributed by atoms with Crippen LogP contribution < -0.4 is 10.5 Å². The van der Waals surface area contributed by atoms with Crippen molar-refractivity contribution in [1.82, 2.24) is 15.1 Å². The first kappa shape index (κ1) is 14.4. The molecule has 6 nitrogen and oxygen atoms in total. The Labute approximate surface area is 128 Å². The molecule has 114 valence electrons. The minimum Gasteiger partial charge on any atom is -0.358 e. The molecule has 1 amide bonds. The summed E-state index contributed by atoms with van der Waals surface area (Å²) in [6.45, 7) is 1.64. The third kappa shape index (κ3) is 2.90. The number of amides is 1. The van der Waals surface area contributed by atoms with Crippen LogP contribution in [0.2, 0.25) is 5.02 Å². The molecule has 3 rings (SSSR count). The first-order valence-electron chi connectivity index (χ1n) is 7.44. The molecule has 2 fully saturated rings. The molecule has 0 atom stereocenters. The smallest absolute Gasteiger partial charge is 0.285 e. The first-order chi connectivity index (χ1) is 10.2. The molecule has 2 aliphatic rings. The molecule has 0 radical (unpaired) electrons. The predicted molar refractivity (Wildman–Crippen MR) is 80.7 cm³/mol. The molecule has 21 heavy (non-hydrogen) atoms. The summed E-state index contributed by atoms with van der Waals surface area (Å²) in [6.07, 6.45) is 7.42. The van der Waals surface area contributed by atoms with Crippen molar-refractivity contribution in [3.63, 3.8) is 0 Å². The molecule has 0 aromatic carbocycles. The van der Waals surface area contributed by atoms with Gasteiger partial charge in [0, 0.05) is 19.1 Å². The standard InChI is InChI=1S/C14H19ClN4O2/c15-13-11(8-16-17-14(13)21)18-6-7-19(12(20)9-18)10-4-2-1-3-5-10/h8,10H,1-7,9H2,(H,17,21). The molecule has 0 spiro atoms. The Morgan fingerprint density at radius 2 is 1.95 bits per heavy atom. The van der Waals surface area contributed by atoms with Gasteiger partial charge in [-0.2, -0.15) is 5.10 Å². The van der Waals surface area contributed by atoms with Crippen LogP contribution in [0.15, 0.2) is 11.0 Å². The van der Waals surface area contributed by atoms with Crippen LogP contribution in [0.25, 0.3) is 0 Å². The number of nitrogens with zero attached hydrogens (tertiary/aromatic N) is 3. The summed E-state index contributed by atoms with van der Waals surface area (Å²) in [5.41, 5.74) is 0.119. The zero-order valence-corrected chi connectivity index (χ0v) is 12.6. The SMILES string of the molecule is O=C1CN(c2cn[nH]c(=O)c2Cl)CCN1C1CCCCC1. The topological polar surface area (TPSA) is 69.3 Å². The minimum absolute atomic E-state index is 0.101. The number of carbonyl (C=O) groups is 1. The Balaban J connectivity index is 1.72. The second-order valence-corrected chi connectivity index (χ2v) is 6.08. The number of hydrogen-bond donors (Lipinski definition) is 1. The van der Waals surface area contributed by atoms with Crippen LogP contribution in [0, 0.1) is 0 Å². The number of H-pyrrole nitrogens is 1. The van der Waals surface area contributed by atoms with Crippen LogP contribution in [-0.4, -0.2) is 46.7 Å². The zero-order valence-electron chi connectivity index (χ0n) is 11.8. The van der Waals surface area contributed by atoms with Gasteiger partial charge in [-0.15, -0.1) is 0 Å². The van der Waals surface area contributed by atoms with E-state index in [-0.39, 0.29) is 17.5 Å². The molecule has 1 aromatic heterocycles. The first-order valence-corrected chi connectivity index (χ1v) is 7.82. The van der Waals surface area contributed by atoms with Crippen molar-refractivity contribution in [2.75, 3.05) is 24.5 Å². The third-order valence-electron chi connectivity index (χ3n) is 4.39. The Morgan fingerprint density at radius 1 is 1.19 bits per heavy atom. The van der Waals surface area contributed by atoms with Gasteiger partial charge in [0.2, 0.25) is 5.91 Å². The highest BCUT2D eigenvalue weighted by Crippen LogP contribution is 2.26. The molecule has 1 saturated carbocycles. The average molecular weight is 311 g/mol. The Kier molecular flexibility index (Phi) is 4.14. The van der Waals surface area contributed by atoms with Crippen LogP contribution >= 0.6 is 11.6 Å². The van der Waals surface area contributed by atoms with Crippen molar-refractivity contribution in [2.45, 2.75) is 38.1 Å². The van der Waals surface area contributed by atoms with Gasteiger partial charge in [-0.05, 0) is 12.8 Å². The molecule has 0 bridgehead atoms. The van der Waals surface area contributed by atoms with Gasteiger partial charge in [-0.3, -0.25) is 9.59 Å². The van der Waals surface area contributed by atoms with E-state index < -0.39 is 5.56 Å². The van der Waals surface area contributed by atoms with Crippen molar-refractivity contribution in [3.8, 4) is 0 Å². The molecular formula is C14H19ClN4O2. The maximum absolute atomic E-state index is 12.4. The van der Waals surface area contributed by atoms with Gasteiger partial charge in [0.05, 0.1) is 18.4 Å². The lowest BCUT2D eigenvalue weighted by molar-refractivity contribution is -0.134. The van der Waals surface area contributed by atoms with E-state index in [1.165, 1.54) is 25.5 Å². The summed E-state index contributed by atoms with van der Waals surface area (Å²) in [5.74, 6) is 0.115. The van der Waals surface area contributed by atoms with E-state index in [2.05, 4.69) is 10.2 Å². The molecule has 1 N–H and O–H groups in total. The van der Waals surface area contributed by atoms with Gasteiger partial charge in [0.15, 0.2) is 0 Å². The van der Waals surface area contributed by atoms with E-state index in [4.69, 9.17) is 11.6 Å². The molecule has 0 unspecified atom stereocenters. The van der Waals surface area contributed by atoms with Crippen molar-refractivity contribution >= 4 is 23.2 Å². The summed E-state index contributed by atoms with van der Waals surface area (Å²) in [5, 5.41) is 6.16. The van der Waals surface area contributed by atoms with Crippen LogP contribution in [-0.2, 0) is 4.79 Å². The molecular weight excluding hydrogens is 292 g/mol. The van der Waals surface area contributed by atoms with Crippen molar-refractivity contribution in [3.05, 3.63) is 21.6 Å². The van der Waals surface area contributed by atoms with Gasteiger partial charge < -0.3 is 9.80 Å². The van der Waals surface area contributed by atoms with Gasteiger partial charge in [-0.25, -0.2) is 5.10 Å². The fourth-order valence-corrected chi connectivity index (χ4v) is 3.48. The Bertz CT molecular complexity index is 583. The van der Waals surface area contributed by atoms with Crippen molar-refractivity contribution in [2.24, 2.45) is 0 Å². The molecule has 1 aliphatic carbocycles. The van der Waals surface area contributed by atoms with Gasteiger partial charge in [0.1, 0.15) is 5.02 Å². The van der Waals surface area contributed by atoms with Gasteiger partial charge in [0.25, 0.3) is 5.56 Å². The lowest BCUT2D eigenvalue weighted by Crippen LogP contribution is -2.54. The number of hydrogen-bond acceptors (Lipinski definition) is 4. The zero-order chi connectivity index (χ0) is 14.8. The highest BCUT2D eigenvalue weighted by atomic mass is 35.5. The molecule has 1 saturated heterocycles. The Hall–Kier alpha value is -1.56. The van der Waals surface area contributed by atoms with Crippen LogP contribution in [0.5, 0.6) is 0 Å². The number of carbonyl (C=O) groups excluding carboxylic acids is 1. The number of aromatic nitrogens is 2. The van der Waals surface area contributed by atoms with Gasteiger partial charge in [-0.1, -0.05) is 30.9 Å². The largest absolute Gasteiger partial charge is 0.358 e. The maximum Gasteiger partial charge on any atom is 0.285 e. The number of halogens is 1. The quantitative estimate of drug-likeness (QED) is 0.896. The van der Waals surface area contributed by atoms with E-state index >= 15 is 0 Å². The number of aromatic amines is 1. The second-order valence-electron chi connectivity index (χ2n) is 5.70. The van der Waals surface area contributed by atoms with Crippen molar-refractivity contribution < 1.29 is 4.79 Å². The van der Waals surface area contributed by atoms with Crippen LogP contribution in [0.4, 0.5) is 5.69 Å². The monoisotopic (exact) mass is 310 g/mol. The summed E-state index contributed by atoms with van der Waals surface area (Å²) < 4.78 is 0. The molecule has 1 aromatic rings. The number of rotatable bonds is 2. The molecule has 1 aliphatic heterocycles. The summed E-state index contributed by atoms with van der Waals surface area (Å²) in [7, 11) is 0. The van der Waals surface area contributed by atoms with E-state index in [0.717, 1.165) is 12.8 Å². The Morgan fingerprint density at radius 3 is 2.67 bits per heavy atom. The fourth-order valence-electron chi connectivity index (χ4n) is 3.27. The van der Waals surface area contributed by atoms with E-state index in [1.54, 1.807) is 0 Å². The minimum atomic E-state index is -0.420. The third-order valence-corrected chi connectivity index (χ3v) is 4.76. The summed E-state index contributed by atoms with van der Waals surface area (Å²) >= 11 is 6.01. The molecule has 7 heteroatoms. The second kappa shape index (κ2) is 6.05. The normalized spacial score (nSPS) is 20.9. The lowest BCUT2D eigenvalue weighted by atomic mass is 9.93. The van der Waals surface area contributed by atoms with Crippen molar-refractivity contribution in [1.29, 1.82) is 0 Å². The number of piperazine rings is 1. The molecule has 2 heterocycles. The highest BCUT2D eigenvalue weighted by molar-refractivity contribution is 6.33. The fraction of sp³-hybridized carbons (Fsp3) is 0.643. The van der Waals surface area contributed by atoms with E-state index in [1.807, 2.05) is 9.80 Å². The highest BCUT2D eigenvalue weighted by Gasteiger charge is 2.31. The lowest BCUT2D eigenvalue weighted by Gasteiger charge is -2.41. The van der Waals surface area contributed by atoms with Crippen LogP contribution in [0.1, 0.15) is 32.1 Å². The van der Waals surface area contributed by atoms with Gasteiger partial charge >= 0.3 is 0 Å². The van der Waals surface area contributed by atoms with Crippen LogP contribution in [0.3, 0.4) is 0 Å². The summed E-state index contributed by atoms with van der Waals surface area (Å²) in [6, 6.07) is 0.390. The number of nitrogens with one attached hydrogen (secondary N) is 1. The summed E-state index contributed by atoms with van der Waals surface area (Å²) in [4.78, 5) is 27.8.